The summed E-state index contributed by atoms with van der Waals surface area (Å²) >= 11 is 2.38. The number of para-hydroxylation sites is 2. The first-order valence-electron chi connectivity index (χ1n) is 9.47. The molecule has 0 saturated heterocycles. The molecule has 3 heteroatoms. The normalized spacial score (nSPS) is 11.5. The van der Waals surface area contributed by atoms with Crippen LogP contribution in [0.25, 0.3) is 32.8 Å². The molecule has 0 aliphatic carbocycles. The van der Waals surface area contributed by atoms with Crippen molar-refractivity contribution >= 4 is 56.2 Å². The maximum atomic E-state index is 4.89. The van der Waals surface area contributed by atoms with Gasteiger partial charge in [-0.2, -0.15) is 0 Å². The average Bonchev–Trinajstić information content (AvgIpc) is 2.78. The first-order valence-corrected chi connectivity index (χ1v) is 10.5. The van der Waals surface area contributed by atoms with Gasteiger partial charge < -0.3 is 0 Å². The Morgan fingerprint density at radius 1 is 0.621 bits per heavy atom. The molecule has 0 N–H and O–H groups in total. The lowest BCUT2D eigenvalue weighted by Crippen LogP contribution is -1.92. The third-order valence-electron chi connectivity index (χ3n) is 5.03. The minimum absolute atomic E-state index is 0.886. The van der Waals surface area contributed by atoms with Crippen LogP contribution in [-0.2, 0) is 0 Å². The molecule has 5 aromatic rings. The van der Waals surface area contributed by atoms with Gasteiger partial charge in [-0.25, -0.2) is 4.98 Å². The second kappa shape index (κ2) is 7.76. The van der Waals surface area contributed by atoms with E-state index in [9.17, 15) is 0 Å². The fourth-order valence-corrected chi connectivity index (χ4v) is 4.33. The molecule has 0 aliphatic rings. The largest absolute Gasteiger partial charge is 0.254 e. The number of nitrogens with zero attached hydrogens (tertiary/aromatic N) is 2. The number of rotatable bonds is 3. The van der Waals surface area contributed by atoms with Crippen LogP contribution in [0.15, 0.2) is 102 Å². The van der Waals surface area contributed by atoms with Gasteiger partial charge in [0.25, 0.3) is 0 Å². The van der Waals surface area contributed by atoms with Crippen LogP contribution in [0.1, 0.15) is 5.69 Å². The highest BCUT2D eigenvalue weighted by Gasteiger charge is 2.08. The molecular formula is C26H17IN2. The van der Waals surface area contributed by atoms with Crippen LogP contribution < -0.4 is 0 Å². The van der Waals surface area contributed by atoms with Gasteiger partial charge in [-0.1, -0.05) is 78.9 Å². The second-order valence-electron chi connectivity index (χ2n) is 6.81. The van der Waals surface area contributed by atoms with Crippen molar-refractivity contribution in [3.05, 3.63) is 106 Å². The highest BCUT2D eigenvalue weighted by atomic mass is 127. The first-order chi connectivity index (χ1) is 14.3. The van der Waals surface area contributed by atoms with Crippen LogP contribution in [0.2, 0.25) is 0 Å². The van der Waals surface area contributed by atoms with E-state index in [2.05, 4.69) is 108 Å². The lowest BCUT2D eigenvalue weighted by atomic mass is 10.0. The van der Waals surface area contributed by atoms with E-state index >= 15 is 0 Å². The Labute approximate surface area is 183 Å². The lowest BCUT2D eigenvalue weighted by molar-refractivity contribution is 1.40. The maximum Gasteiger partial charge on any atom is 0.0898 e. The van der Waals surface area contributed by atoms with E-state index in [0.717, 1.165) is 27.8 Å². The van der Waals surface area contributed by atoms with Crippen LogP contribution in [0.5, 0.6) is 0 Å². The number of halogens is 1. The number of hydrogen-bond acceptors (Lipinski definition) is 2. The Balaban J connectivity index is 1.67. The van der Waals surface area contributed by atoms with Gasteiger partial charge in [0.2, 0.25) is 0 Å². The van der Waals surface area contributed by atoms with Gasteiger partial charge in [-0.15, -0.1) is 0 Å². The molecule has 0 fully saturated rings. The van der Waals surface area contributed by atoms with Crippen LogP contribution in [-0.4, -0.2) is 11.2 Å². The number of aliphatic imine (C=N–C) groups is 1. The summed E-state index contributed by atoms with van der Waals surface area (Å²) in [4.78, 5) is 9.75. The van der Waals surface area contributed by atoms with E-state index < -0.39 is 0 Å². The number of benzene rings is 4. The molecule has 4 aromatic carbocycles. The molecule has 2 nitrogen and oxygen atoms in total. The number of aromatic nitrogens is 1. The van der Waals surface area contributed by atoms with Gasteiger partial charge in [0.1, 0.15) is 0 Å². The zero-order chi connectivity index (χ0) is 19.6. The first kappa shape index (κ1) is 18.0. The van der Waals surface area contributed by atoms with Crippen molar-refractivity contribution < 1.29 is 0 Å². The summed E-state index contributed by atoms with van der Waals surface area (Å²) in [5.41, 5.74) is 5.13. The highest BCUT2D eigenvalue weighted by molar-refractivity contribution is 14.1. The zero-order valence-corrected chi connectivity index (χ0v) is 17.7. The van der Waals surface area contributed by atoms with Crippen molar-refractivity contribution in [3.63, 3.8) is 0 Å². The summed E-state index contributed by atoms with van der Waals surface area (Å²) in [6, 6.07) is 33.3. The van der Waals surface area contributed by atoms with Crippen molar-refractivity contribution in [2.45, 2.75) is 0 Å². The highest BCUT2D eigenvalue weighted by Crippen LogP contribution is 2.33. The van der Waals surface area contributed by atoms with Crippen molar-refractivity contribution in [2.24, 2.45) is 4.99 Å². The smallest absolute Gasteiger partial charge is 0.0898 e. The van der Waals surface area contributed by atoms with E-state index in [1.54, 1.807) is 0 Å². The molecule has 0 saturated carbocycles. The number of hydrogen-bond donors (Lipinski definition) is 0. The molecule has 1 heterocycles. The summed E-state index contributed by atoms with van der Waals surface area (Å²) in [6.45, 7) is 0. The lowest BCUT2D eigenvalue weighted by Gasteiger charge is -2.09. The number of fused-ring (bicyclic) bond motifs is 3. The SMILES string of the molecule is Ic1ccccc1-c1ccccc1N=Cc1nc2ccccc2c2ccccc12. The molecule has 0 aliphatic heterocycles. The van der Waals surface area contributed by atoms with E-state index in [-0.39, 0.29) is 0 Å². The van der Waals surface area contributed by atoms with Gasteiger partial charge in [-0.3, -0.25) is 4.99 Å². The standard InChI is InChI=1S/C26H17IN2/c27-23-14-6-3-10-19(23)22-13-4-7-15-24(22)28-17-26-21-12-2-1-9-18(21)20-11-5-8-16-25(20)29-26/h1-17H. The minimum Gasteiger partial charge on any atom is -0.254 e. The fourth-order valence-electron chi connectivity index (χ4n) is 3.65. The van der Waals surface area contributed by atoms with Crippen molar-refractivity contribution in [2.75, 3.05) is 0 Å². The maximum absolute atomic E-state index is 4.89. The summed E-state index contributed by atoms with van der Waals surface area (Å²) in [5.74, 6) is 0. The molecule has 0 bridgehead atoms. The van der Waals surface area contributed by atoms with Gasteiger partial charge >= 0.3 is 0 Å². The van der Waals surface area contributed by atoms with Crippen molar-refractivity contribution in [3.8, 4) is 11.1 Å². The predicted octanol–water partition coefficient (Wildman–Crippen LogP) is 7.41. The summed E-state index contributed by atoms with van der Waals surface area (Å²) in [7, 11) is 0. The molecule has 29 heavy (non-hydrogen) atoms. The van der Waals surface area contributed by atoms with Crippen molar-refractivity contribution in [1.82, 2.24) is 4.98 Å². The van der Waals surface area contributed by atoms with Crippen LogP contribution in [0, 0.1) is 3.57 Å². The summed E-state index contributed by atoms with van der Waals surface area (Å²) in [5, 5.41) is 3.48. The van der Waals surface area contributed by atoms with Gasteiger partial charge in [0, 0.05) is 19.9 Å². The predicted molar refractivity (Wildman–Crippen MR) is 131 cm³/mol. The molecular weight excluding hydrogens is 467 g/mol. The van der Waals surface area contributed by atoms with Crippen molar-refractivity contribution in [1.29, 1.82) is 0 Å². The monoisotopic (exact) mass is 484 g/mol. The van der Waals surface area contributed by atoms with E-state index in [4.69, 9.17) is 9.98 Å². The Kier molecular flexibility index (Phi) is 4.82. The topological polar surface area (TPSA) is 25.2 Å². The Bertz CT molecular complexity index is 1370. The van der Waals surface area contributed by atoms with Gasteiger partial charge in [-0.05, 0) is 51.7 Å². The third kappa shape index (κ3) is 3.42. The molecule has 1 aromatic heterocycles. The van der Waals surface area contributed by atoms with Crippen LogP contribution in [0.4, 0.5) is 5.69 Å². The van der Waals surface area contributed by atoms with Gasteiger partial charge in [0.05, 0.1) is 23.1 Å². The van der Waals surface area contributed by atoms with E-state index in [0.29, 0.717) is 0 Å². The summed E-state index contributed by atoms with van der Waals surface area (Å²) < 4.78 is 1.21. The van der Waals surface area contributed by atoms with E-state index in [1.165, 1.54) is 19.9 Å². The average molecular weight is 484 g/mol. The zero-order valence-electron chi connectivity index (χ0n) is 15.6. The Hall–Kier alpha value is -3.05. The molecule has 0 spiro atoms. The Morgan fingerprint density at radius 2 is 1.24 bits per heavy atom. The van der Waals surface area contributed by atoms with E-state index in [1.807, 2.05) is 18.3 Å². The minimum atomic E-state index is 0.886. The fraction of sp³-hybridized carbons (Fsp3) is 0. The van der Waals surface area contributed by atoms with Crippen LogP contribution >= 0.6 is 22.6 Å². The Morgan fingerprint density at radius 3 is 2.07 bits per heavy atom. The number of pyridine rings is 1. The van der Waals surface area contributed by atoms with Gasteiger partial charge in [0.15, 0.2) is 0 Å². The molecule has 0 unspecified atom stereocenters. The third-order valence-corrected chi connectivity index (χ3v) is 5.97. The molecule has 5 rings (SSSR count). The molecule has 0 atom stereocenters. The quantitative estimate of drug-likeness (QED) is 0.149. The second-order valence-corrected chi connectivity index (χ2v) is 7.98. The molecule has 138 valence electrons. The molecule has 0 amide bonds. The summed E-state index contributed by atoms with van der Waals surface area (Å²) in [6.07, 6.45) is 1.89. The molecule has 0 radical (unpaired) electrons. The van der Waals surface area contributed by atoms with Crippen LogP contribution in [0.3, 0.4) is 0 Å².